The fourth-order valence-electron chi connectivity index (χ4n) is 2.28. The molecule has 0 unspecified atom stereocenters. The second-order valence-electron chi connectivity index (χ2n) is 5.56. The lowest BCUT2D eigenvalue weighted by molar-refractivity contribution is 0.445. The molecule has 0 spiro atoms. The zero-order valence-corrected chi connectivity index (χ0v) is 12.1. The fourth-order valence-corrected chi connectivity index (χ4v) is 2.28. The Balaban J connectivity index is 2.09. The Kier molecular flexibility index (Phi) is 3.07. The summed E-state index contributed by atoms with van der Waals surface area (Å²) in [7, 11) is 1.98. The van der Waals surface area contributed by atoms with Gasteiger partial charge in [0.1, 0.15) is 5.82 Å². The fraction of sp³-hybridized carbons (Fsp3) is 0.235. The van der Waals surface area contributed by atoms with Gasteiger partial charge in [0.15, 0.2) is 0 Å². The van der Waals surface area contributed by atoms with Crippen LogP contribution in [0.1, 0.15) is 19.4 Å². The van der Waals surface area contributed by atoms with Crippen LogP contribution >= 0.6 is 0 Å². The molecule has 3 aromatic rings. The molecule has 0 bridgehead atoms. The number of rotatable bonds is 3. The molecule has 0 aliphatic rings. The minimum absolute atomic E-state index is 0.0494. The van der Waals surface area contributed by atoms with Crippen LogP contribution in [0.5, 0.6) is 0 Å². The lowest BCUT2D eigenvalue weighted by Crippen LogP contribution is -2.32. The Morgan fingerprint density at radius 3 is 2.50 bits per heavy atom. The molecule has 0 atom stereocenters. The first kappa shape index (κ1) is 12.9. The van der Waals surface area contributed by atoms with E-state index in [-0.39, 0.29) is 5.54 Å². The quantitative estimate of drug-likeness (QED) is 0.758. The average molecular weight is 265 g/mol. The monoisotopic (exact) mass is 265 g/mol. The van der Waals surface area contributed by atoms with E-state index in [4.69, 9.17) is 0 Å². The van der Waals surface area contributed by atoms with Crippen LogP contribution < -0.4 is 5.32 Å². The molecule has 102 valence electrons. The van der Waals surface area contributed by atoms with Crippen molar-refractivity contribution in [3.8, 4) is 11.4 Å². The van der Waals surface area contributed by atoms with Crippen molar-refractivity contribution in [2.75, 3.05) is 7.05 Å². The predicted octanol–water partition coefficient (Wildman–Crippen LogP) is 3.68. The standard InChI is InChI=1S/C17H19N3/c1-17(2,18-3)13-9-10-14-15(11-13)20-16(19-14)12-7-5-4-6-8-12/h4-11,18H,1-3H3,(H,19,20). The molecule has 0 aliphatic heterocycles. The van der Waals surface area contributed by atoms with E-state index in [1.54, 1.807) is 0 Å². The third kappa shape index (κ3) is 2.21. The van der Waals surface area contributed by atoms with E-state index in [0.717, 1.165) is 22.4 Å². The molecule has 0 amide bonds. The topological polar surface area (TPSA) is 40.7 Å². The molecular formula is C17H19N3. The number of nitrogens with zero attached hydrogens (tertiary/aromatic N) is 1. The van der Waals surface area contributed by atoms with Crippen LogP contribution in [0.3, 0.4) is 0 Å². The number of aromatic amines is 1. The predicted molar refractivity (Wildman–Crippen MR) is 83.6 cm³/mol. The summed E-state index contributed by atoms with van der Waals surface area (Å²) >= 11 is 0. The van der Waals surface area contributed by atoms with E-state index in [1.165, 1.54) is 5.56 Å². The smallest absolute Gasteiger partial charge is 0.138 e. The second-order valence-corrected chi connectivity index (χ2v) is 5.56. The van der Waals surface area contributed by atoms with E-state index in [2.05, 4.69) is 59.5 Å². The summed E-state index contributed by atoms with van der Waals surface area (Å²) < 4.78 is 0. The first-order valence-electron chi connectivity index (χ1n) is 6.85. The minimum Gasteiger partial charge on any atom is -0.338 e. The highest BCUT2D eigenvalue weighted by molar-refractivity contribution is 5.80. The zero-order valence-electron chi connectivity index (χ0n) is 12.1. The van der Waals surface area contributed by atoms with Gasteiger partial charge in [-0.1, -0.05) is 36.4 Å². The number of fused-ring (bicyclic) bond motifs is 1. The molecule has 3 rings (SSSR count). The largest absolute Gasteiger partial charge is 0.338 e. The summed E-state index contributed by atoms with van der Waals surface area (Å²) in [6.45, 7) is 4.34. The molecule has 20 heavy (non-hydrogen) atoms. The van der Waals surface area contributed by atoms with Crippen LogP contribution in [-0.2, 0) is 5.54 Å². The summed E-state index contributed by atoms with van der Waals surface area (Å²) in [4.78, 5) is 8.07. The van der Waals surface area contributed by atoms with Crippen molar-refractivity contribution in [1.29, 1.82) is 0 Å². The van der Waals surface area contributed by atoms with Crippen LogP contribution in [0.25, 0.3) is 22.4 Å². The number of hydrogen-bond donors (Lipinski definition) is 2. The Morgan fingerprint density at radius 1 is 1.05 bits per heavy atom. The Morgan fingerprint density at radius 2 is 1.80 bits per heavy atom. The summed E-state index contributed by atoms with van der Waals surface area (Å²) in [5, 5.41) is 3.33. The number of benzene rings is 2. The summed E-state index contributed by atoms with van der Waals surface area (Å²) in [6.07, 6.45) is 0. The van der Waals surface area contributed by atoms with Gasteiger partial charge in [-0.15, -0.1) is 0 Å². The molecular weight excluding hydrogens is 246 g/mol. The van der Waals surface area contributed by atoms with E-state index in [9.17, 15) is 0 Å². The first-order chi connectivity index (χ1) is 9.60. The average Bonchev–Trinajstić information content (AvgIpc) is 2.91. The highest BCUT2D eigenvalue weighted by Crippen LogP contribution is 2.25. The van der Waals surface area contributed by atoms with Gasteiger partial charge in [0.2, 0.25) is 0 Å². The van der Waals surface area contributed by atoms with Crippen molar-refractivity contribution in [2.24, 2.45) is 0 Å². The van der Waals surface area contributed by atoms with E-state index in [0.29, 0.717) is 0 Å². The van der Waals surface area contributed by atoms with Crippen molar-refractivity contribution in [3.63, 3.8) is 0 Å². The van der Waals surface area contributed by atoms with Crippen molar-refractivity contribution in [3.05, 3.63) is 54.1 Å². The van der Waals surface area contributed by atoms with Gasteiger partial charge in [-0.2, -0.15) is 0 Å². The van der Waals surface area contributed by atoms with Crippen molar-refractivity contribution in [1.82, 2.24) is 15.3 Å². The number of nitrogens with one attached hydrogen (secondary N) is 2. The van der Waals surface area contributed by atoms with Crippen molar-refractivity contribution in [2.45, 2.75) is 19.4 Å². The van der Waals surface area contributed by atoms with Gasteiger partial charge in [-0.05, 0) is 38.6 Å². The SMILES string of the molecule is CNC(C)(C)c1ccc2nc(-c3ccccc3)[nH]c2c1. The molecule has 0 radical (unpaired) electrons. The number of aromatic nitrogens is 2. The van der Waals surface area contributed by atoms with Crippen LogP contribution in [0.15, 0.2) is 48.5 Å². The normalized spacial score (nSPS) is 11.9. The first-order valence-corrected chi connectivity index (χ1v) is 6.85. The number of H-pyrrole nitrogens is 1. The maximum atomic E-state index is 4.66. The van der Waals surface area contributed by atoms with E-state index >= 15 is 0 Å². The van der Waals surface area contributed by atoms with Gasteiger partial charge in [0.25, 0.3) is 0 Å². The maximum absolute atomic E-state index is 4.66. The summed E-state index contributed by atoms with van der Waals surface area (Å²) in [5.41, 5.74) is 4.38. The molecule has 0 aliphatic carbocycles. The molecule has 3 nitrogen and oxygen atoms in total. The van der Waals surface area contributed by atoms with E-state index in [1.807, 2.05) is 25.2 Å². The van der Waals surface area contributed by atoms with Crippen LogP contribution in [0.4, 0.5) is 0 Å². The van der Waals surface area contributed by atoms with Gasteiger partial charge in [0, 0.05) is 11.1 Å². The zero-order chi connectivity index (χ0) is 14.2. The maximum Gasteiger partial charge on any atom is 0.138 e. The van der Waals surface area contributed by atoms with Crippen LogP contribution in [0, 0.1) is 0 Å². The number of imidazole rings is 1. The molecule has 3 heteroatoms. The van der Waals surface area contributed by atoms with Crippen LogP contribution in [0.2, 0.25) is 0 Å². The lowest BCUT2D eigenvalue weighted by Gasteiger charge is -2.24. The third-order valence-corrected chi connectivity index (χ3v) is 3.88. The molecule has 1 heterocycles. The van der Waals surface area contributed by atoms with Crippen LogP contribution in [-0.4, -0.2) is 17.0 Å². The van der Waals surface area contributed by atoms with Gasteiger partial charge in [-0.3, -0.25) is 0 Å². The third-order valence-electron chi connectivity index (χ3n) is 3.88. The van der Waals surface area contributed by atoms with Gasteiger partial charge in [0.05, 0.1) is 11.0 Å². The minimum atomic E-state index is -0.0494. The molecule has 0 saturated carbocycles. The Hall–Kier alpha value is -2.13. The van der Waals surface area contributed by atoms with Crippen molar-refractivity contribution >= 4 is 11.0 Å². The van der Waals surface area contributed by atoms with Crippen molar-refractivity contribution < 1.29 is 0 Å². The van der Waals surface area contributed by atoms with E-state index < -0.39 is 0 Å². The Labute approximate surface area is 119 Å². The van der Waals surface area contributed by atoms with Gasteiger partial charge >= 0.3 is 0 Å². The highest BCUT2D eigenvalue weighted by Gasteiger charge is 2.18. The molecule has 2 aromatic carbocycles. The molecule has 2 N–H and O–H groups in total. The Bertz CT molecular complexity index is 726. The van der Waals surface area contributed by atoms with Gasteiger partial charge in [-0.25, -0.2) is 4.98 Å². The summed E-state index contributed by atoms with van der Waals surface area (Å²) in [6, 6.07) is 16.6. The highest BCUT2D eigenvalue weighted by atomic mass is 14.9. The molecule has 1 aromatic heterocycles. The molecule has 0 saturated heterocycles. The second kappa shape index (κ2) is 4.76. The summed E-state index contributed by atoms with van der Waals surface area (Å²) in [5.74, 6) is 0.917. The lowest BCUT2D eigenvalue weighted by atomic mass is 9.94. The van der Waals surface area contributed by atoms with Gasteiger partial charge < -0.3 is 10.3 Å². The number of hydrogen-bond acceptors (Lipinski definition) is 2. The molecule has 0 fully saturated rings.